The van der Waals surface area contributed by atoms with Crippen molar-refractivity contribution in [2.24, 2.45) is 0 Å². The van der Waals surface area contributed by atoms with Crippen molar-refractivity contribution in [2.75, 3.05) is 19.6 Å². The molecule has 0 radical (unpaired) electrons. The van der Waals surface area contributed by atoms with Gasteiger partial charge in [0.25, 0.3) is 0 Å². The molecule has 1 N–H and O–H groups in total. The fourth-order valence-electron chi connectivity index (χ4n) is 2.88. The number of halogens is 1. The first-order valence-corrected chi connectivity index (χ1v) is 9.64. The molecule has 2 heterocycles. The smallest absolute Gasteiger partial charge is 0.243 e. The summed E-state index contributed by atoms with van der Waals surface area (Å²) >= 11 is 3.43. The number of fused-ring (bicyclic) bond motifs is 1. The van der Waals surface area contributed by atoms with E-state index in [2.05, 4.69) is 32.8 Å². The zero-order valence-electron chi connectivity index (χ0n) is 12.6. The monoisotopic (exact) mass is 395 g/mol. The number of nitrogens with one attached hydrogen (secondary N) is 1. The number of benzene rings is 1. The molecule has 5 nitrogen and oxygen atoms in total. The average Bonchev–Trinajstić information content (AvgIpc) is 3.02. The number of aromatic nitrogens is 1. The van der Waals surface area contributed by atoms with Crippen LogP contribution in [0.5, 0.6) is 0 Å². The van der Waals surface area contributed by atoms with Crippen molar-refractivity contribution in [3.05, 3.63) is 47.7 Å². The van der Waals surface area contributed by atoms with Crippen LogP contribution in [-0.2, 0) is 10.0 Å². The Morgan fingerprint density at radius 1 is 1.43 bits per heavy atom. The second-order valence-corrected chi connectivity index (χ2v) is 8.28. The number of pyridine rings is 1. The third-order valence-electron chi connectivity index (χ3n) is 4.02. The van der Waals surface area contributed by atoms with Gasteiger partial charge in [0.15, 0.2) is 0 Å². The molecule has 0 unspecified atom stereocenters. The first-order valence-electron chi connectivity index (χ1n) is 7.40. The molecule has 122 valence electrons. The van der Waals surface area contributed by atoms with E-state index in [1.165, 1.54) is 0 Å². The SMILES string of the molecule is C=CCN[C@@H]1CCN(S(=O)(=O)c2cccc3cncc(Br)c23)C1. The molecular formula is C16H18BrN3O2S. The fraction of sp³-hybridized carbons (Fsp3) is 0.312. The molecule has 1 aromatic carbocycles. The van der Waals surface area contributed by atoms with Crippen molar-refractivity contribution >= 4 is 36.7 Å². The number of sulfonamides is 1. The number of hydrogen-bond acceptors (Lipinski definition) is 4. The molecule has 1 saturated heterocycles. The van der Waals surface area contributed by atoms with Gasteiger partial charge in [0.2, 0.25) is 10.0 Å². The van der Waals surface area contributed by atoms with Crippen LogP contribution in [-0.4, -0.2) is 43.4 Å². The molecule has 0 amide bonds. The fourth-order valence-corrected chi connectivity index (χ4v) is 5.30. The molecule has 23 heavy (non-hydrogen) atoms. The molecule has 2 aromatic rings. The molecule has 1 aliphatic rings. The minimum atomic E-state index is -3.54. The van der Waals surface area contributed by atoms with Crippen LogP contribution in [0.3, 0.4) is 0 Å². The van der Waals surface area contributed by atoms with Crippen molar-refractivity contribution in [1.29, 1.82) is 0 Å². The largest absolute Gasteiger partial charge is 0.309 e. The lowest BCUT2D eigenvalue weighted by Crippen LogP contribution is -2.35. The summed E-state index contributed by atoms with van der Waals surface area (Å²) in [6.45, 7) is 5.37. The molecule has 1 aliphatic heterocycles. The van der Waals surface area contributed by atoms with E-state index in [0.717, 1.165) is 11.8 Å². The van der Waals surface area contributed by atoms with Gasteiger partial charge in [0, 0.05) is 53.3 Å². The van der Waals surface area contributed by atoms with E-state index < -0.39 is 10.0 Å². The van der Waals surface area contributed by atoms with E-state index in [4.69, 9.17) is 0 Å². The molecule has 0 bridgehead atoms. The zero-order chi connectivity index (χ0) is 16.4. The van der Waals surface area contributed by atoms with Crippen LogP contribution in [0.4, 0.5) is 0 Å². The maximum atomic E-state index is 13.1. The molecule has 7 heteroatoms. The molecule has 1 atom stereocenters. The van der Waals surface area contributed by atoms with E-state index in [1.807, 2.05) is 6.07 Å². The van der Waals surface area contributed by atoms with Crippen LogP contribution in [0.15, 0.2) is 52.6 Å². The van der Waals surface area contributed by atoms with Gasteiger partial charge in [0.05, 0.1) is 4.90 Å². The Morgan fingerprint density at radius 3 is 3.04 bits per heavy atom. The summed E-state index contributed by atoms with van der Waals surface area (Å²) in [5.41, 5.74) is 0. The Balaban J connectivity index is 1.97. The second-order valence-electron chi connectivity index (χ2n) is 5.52. The number of nitrogens with zero attached hydrogens (tertiary/aromatic N) is 2. The van der Waals surface area contributed by atoms with Crippen LogP contribution in [0.2, 0.25) is 0 Å². The highest BCUT2D eigenvalue weighted by Gasteiger charge is 2.33. The van der Waals surface area contributed by atoms with Gasteiger partial charge >= 0.3 is 0 Å². The number of hydrogen-bond donors (Lipinski definition) is 1. The first kappa shape index (κ1) is 16.6. The van der Waals surface area contributed by atoms with Crippen molar-refractivity contribution in [2.45, 2.75) is 17.4 Å². The Labute approximate surface area is 144 Å². The van der Waals surface area contributed by atoms with Gasteiger partial charge in [-0.05, 0) is 28.4 Å². The Hall–Kier alpha value is -1.28. The molecular weight excluding hydrogens is 378 g/mol. The van der Waals surface area contributed by atoms with E-state index >= 15 is 0 Å². The lowest BCUT2D eigenvalue weighted by molar-refractivity contribution is 0.462. The maximum Gasteiger partial charge on any atom is 0.243 e. The van der Waals surface area contributed by atoms with Gasteiger partial charge in [-0.1, -0.05) is 18.2 Å². The molecule has 1 aromatic heterocycles. The van der Waals surface area contributed by atoms with Gasteiger partial charge in [-0.2, -0.15) is 4.31 Å². The Morgan fingerprint density at radius 2 is 2.26 bits per heavy atom. The molecule has 0 aliphatic carbocycles. The zero-order valence-corrected chi connectivity index (χ0v) is 15.0. The van der Waals surface area contributed by atoms with E-state index in [-0.39, 0.29) is 6.04 Å². The molecule has 0 saturated carbocycles. The lowest BCUT2D eigenvalue weighted by atomic mass is 10.2. The van der Waals surface area contributed by atoms with Crippen LogP contribution in [0, 0.1) is 0 Å². The molecule has 1 fully saturated rings. The summed E-state index contributed by atoms with van der Waals surface area (Å²) in [5.74, 6) is 0. The summed E-state index contributed by atoms with van der Waals surface area (Å²) in [4.78, 5) is 4.43. The standard InChI is InChI=1S/C16H18BrN3O2S/c1-2-7-19-13-6-8-20(11-13)23(21,22)15-5-3-4-12-9-18-10-14(17)16(12)15/h2-5,9-10,13,19H,1,6-8,11H2/t13-/m1/s1. The topological polar surface area (TPSA) is 62.3 Å². The maximum absolute atomic E-state index is 13.1. The first-order chi connectivity index (χ1) is 11.0. The van der Waals surface area contributed by atoms with E-state index in [9.17, 15) is 8.42 Å². The molecule has 0 spiro atoms. The Bertz CT molecular complexity index is 833. The Kier molecular flexibility index (Phi) is 4.82. The van der Waals surface area contributed by atoms with E-state index in [1.54, 1.807) is 34.9 Å². The predicted molar refractivity (Wildman–Crippen MR) is 94.8 cm³/mol. The quantitative estimate of drug-likeness (QED) is 0.790. The van der Waals surface area contributed by atoms with Crippen LogP contribution in [0.25, 0.3) is 10.8 Å². The highest BCUT2D eigenvalue weighted by atomic mass is 79.9. The van der Waals surface area contributed by atoms with Gasteiger partial charge in [-0.15, -0.1) is 6.58 Å². The van der Waals surface area contributed by atoms with Crippen LogP contribution >= 0.6 is 15.9 Å². The van der Waals surface area contributed by atoms with E-state index in [0.29, 0.717) is 34.4 Å². The number of rotatable bonds is 5. The third-order valence-corrected chi connectivity index (χ3v) is 6.53. The minimum Gasteiger partial charge on any atom is -0.309 e. The highest BCUT2D eigenvalue weighted by Crippen LogP contribution is 2.32. The van der Waals surface area contributed by atoms with Crippen molar-refractivity contribution in [3.63, 3.8) is 0 Å². The minimum absolute atomic E-state index is 0.169. The van der Waals surface area contributed by atoms with Gasteiger partial charge in [-0.25, -0.2) is 8.42 Å². The summed E-state index contributed by atoms with van der Waals surface area (Å²) in [7, 11) is -3.54. The lowest BCUT2D eigenvalue weighted by Gasteiger charge is -2.18. The van der Waals surface area contributed by atoms with Gasteiger partial charge in [-0.3, -0.25) is 4.98 Å². The summed E-state index contributed by atoms with van der Waals surface area (Å²) in [6, 6.07) is 5.45. The summed E-state index contributed by atoms with van der Waals surface area (Å²) in [6.07, 6.45) is 5.89. The van der Waals surface area contributed by atoms with Crippen molar-refractivity contribution < 1.29 is 8.42 Å². The van der Waals surface area contributed by atoms with Crippen molar-refractivity contribution in [1.82, 2.24) is 14.6 Å². The normalized spacial score (nSPS) is 19.3. The third kappa shape index (κ3) is 3.19. The van der Waals surface area contributed by atoms with Gasteiger partial charge in [0.1, 0.15) is 0 Å². The van der Waals surface area contributed by atoms with Gasteiger partial charge < -0.3 is 5.32 Å². The average molecular weight is 396 g/mol. The summed E-state index contributed by atoms with van der Waals surface area (Å²) < 4.78 is 28.4. The predicted octanol–water partition coefficient (Wildman–Crippen LogP) is 2.54. The summed E-state index contributed by atoms with van der Waals surface area (Å²) in [5, 5.41) is 4.78. The van der Waals surface area contributed by atoms with Crippen LogP contribution < -0.4 is 5.32 Å². The van der Waals surface area contributed by atoms with Crippen molar-refractivity contribution in [3.8, 4) is 0 Å². The highest BCUT2D eigenvalue weighted by molar-refractivity contribution is 9.10. The second kappa shape index (κ2) is 6.68. The van der Waals surface area contributed by atoms with Crippen LogP contribution in [0.1, 0.15) is 6.42 Å². The molecule has 3 rings (SSSR count).